The summed E-state index contributed by atoms with van der Waals surface area (Å²) in [6.45, 7) is 6.43. The molecule has 0 amide bonds. The van der Waals surface area contributed by atoms with Gasteiger partial charge in [-0.25, -0.2) is 5.43 Å². The zero-order valence-corrected chi connectivity index (χ0v) is 15.5. The van der Waals surface area contributed by atoms with Gasteiger partial charge in [-0.2, -0.15) is 5.26 Å². The van der Waals surface area contributed by atoms with Crippen LogP contribution in [0.25, 0.3) is 5.70 Å². The third-order valence-electron chi connectivity index (χ3n) is 4.61. The first-order valence-corrected chi connectivity index (χ1v) is 9.71. The summed E-state index contributed by atoms with van der Waals surface area (Å²) in [7, 11) is 0. The van der Waals surface area contributed by atoms with Gasteiger partial charge in [-0.3, -0.25) is 10.0 Å². The van der Waals surface area contributed by atoms with Crippen molar-refractivity contribution in [2.24, 2.45) is 10.9 Å². The van der Waals surface area contributed by atoms with Gasteiger partial charge < -0.3 is 0 Å². The van der Waals surface area contributed by atoms with E-state index in [9.17, 15) is 5.26 Å². The van der Waals surface area contributed by atoms with E-state index in [1.165, 1.54) is 16.7 Å². The third kappa shape index (κ3) is 2.97. The van der Waals surface area contributed by atoms with Gasteiger partial charge in [0.25, 0.3) is 0 Å². The highest BCUT2D eigenvalue weighted by Gasteiger charge is 2.44. The fourth-order valence-electron chi connectivity index (χ4n) is 3.43. The molecule has 2 aliphatic rings. The van der Waals surface area contributed by atoms with Crippen LogP contribution in [0.5, 0.6) is 0 Å². The van der Waals surface area contributed by atoms with Crippen LogP contribution in [0, 0.1) is 31.1 Å². The Hall–Kier alpha value is -1.77. The number of hydrogen-bond acceptors (Lipinski definition) is 5. The first-order chi connectivity index (χ1) is 11.6. The molecule has 0 radical (unpaired) electrons. The van der Waals surface area contributed by atoms with Gasteiger partial charge >= 0.3 is 0 Å². The van der Waals surface area contributed by atoms with Crippen molar-refractivity contribution in [2.75, 3.05) is 6.26 Å². The number of fused-ring (bicyclic) bond motifs is 1. The molecule has 1 N–H and O–H groups in total. The van der Waals surface area contributed by atoms with E-state index in [-0.39, 0.29) is 17.5 Å². The molecule has 1 aromatic carbocycles. The molecule has 4 nitrogen and oxygen atoms in total. The molecular formula is C19H24N4S. The van der Waals surface area contributed by atoms with Crippen LogP contribution in [0.1, 0.15) is 36.5 Å². The number of thioether (sulfide) groups is 1. The number of nitrogens with zero attached hydrogens (tertiary/aromatic N) is 3. The molecule has 3 unspecified atom stereocenters. The summed E-state index contributed by atoms with van der Waals surface area (Å²) in [6, 6.07) is 9.00. The maximum Gasteiger partial charge on any atom is 0.153 e. The molecule has 1 saturated heterocycles. The molecule has 2 heterocycles. The Bertz CT molecular complexity index is 731. The predicted octanol–water partition coefficient (Wildman–Crippen LogP) is 3.87. The topological polar surface area (TPSA) is 51.4 Å². The number of aryl methyl sites for hydroxylation is 2. The van der Waals surface area contributed by atoms with Crippen LogP contribution in [-0.2, 0) is 0 Å². The summed E-state index contributed by atoms with van der Waals surface area (Å²) in [5.74, 6) is -0.152. The fraction of sp³-hybridized carbons (Fsp3) is 0.474. The number of hydrazine groups is 1. The SMILES string of the molecule is CCCC1=NC2C(C#N)C(SC)NN2C(c2ccc(C)cc2C)=C1. The van der Waals surface area contributed by atoms with Gasteiger partial charge in [0.05, 0.1) is 17.1 Å². The maximum absolute atomic E-state index is 9.65. The molecule has 0 aliphatic carbocycles. The van der Waals surface area contributed by atoms with Gasteiger partial charge in [-0.05, 0) is 38.2 Å². The molecule has 5 heteroatoms. The largest absolute Gasteiger partial charge is 0.281 e. The quantitative estimate of drug-likeness (QED) is 0.904. The first kappa shape index (κ1) is 17.1. The average Bonchev–Trinajstić information content (AvgIpc) is 2.92. The van der Waals surface area contributed by atoms with Crippen LogP contribution < -0.4 is 5.43 Å². The minimum atomic E-state index is -0.152. The minimum absolute atomic E-state index is 0.0684. The Kier molecular flexibility index (Phi) is 4.98. The normalized spacial score (nSPS) is 25.8. The Labute approximate surface area is 148 Å². The standard InChI is InChI=1S/C19H24N4S/c1-5-6-14-10-17(15-8-7-12(2)9-13(15)3)23-18(21-14)16(11-20)19(22-23)24-4/h7-10,16,18-19,22H,5-6H2,1-4H3. The number of aliphatic imine (C=N–C) groups is 1. The summed E-state index contributed by atoms with van der Waals surface area (Å²) in [4.78, 5) is 4.87. The van der Waals surface area contributed by atoms with Crippen LogP contribution in [0.4, 0.5) is 0 Å². The molecule has 3 rings (SSSR count). The molecule has 0 spiro atoms. The third-order valence-corrected chi connectivity index (χ3v) is 5.51. The highest BCUT2D eigenvalue weighted by molar-refractivity contribution is 7.99. The molecule has 0 aromatic heterocycles. The smallest absolute Gasteiger partial charge is 0.153 e. The molecule has 2 aliphatic heterocycles. The van der Waals surface area contributed by atoms with Crippen molar-refractivity contribution in [2.45, 2.75) is 45.2 Å². The van der Waals surface area contributed by atoms with E-state index in [1.54, 1.807) is 11.8 Å². The number of hydrogen-bond donors (Lipinski definition) is 1. The summed E-state index contributed by atoms with van der Waals surface area (Å²) < 4.78 is 0. The van der Waals surface area contributed by atoms with Crippen molar-refractivity contribution in [1.29, 1.82) is 5.26 Å². The first-order valence-electron chi connectivity index (χ1n) is 8.42. The van der Waals surface area contributed by atoms with E-state index in [0.717, 1.165) is 24.3 Å². The zero-order valence-electron chi connectivity index (χ0n) is 14.7. The number of nitrogens with one attached hydrogen (secondary N) is 1. The summed E-state index contributed by atoms with van der Waals surface area (Å²) in [5, 5.41) is 11.8. The summed E-state index contributed by atoms with van der Waals surface area (Å²) in [5.41, 5.74) is 9.44. The molecule has 126 valence electrons. The van der Waals surface area contributed by atoms with Gasteiger partial charge in [0, 0.05) is 11.3 Å². The lowest BCUT2D eigenvalue weighted by Gasteiger charge is -2.32. The van der Waals surface area contributed by atoms with Crippen LogP contribution in [0.15, 0.2) is 29.3 Å². The molecule has 3 atom stereocenters. The van der Waals surface area contributed by atoms with E-state index in [4.69, 9.17) is 4.99 Å². The Morgan fingerprint density at radius 3 is 2.79 bits per heavy atom. The van der Waals surface area contributed by atoms with Crippen LogP contribution in [-0.4, -0.2) is 28.5 Å². The van der Waals surface area contributed by atoms with E-state index in [0.29, 0.717) is 0 Å². The lowest BCUT2D eigenvalue weighted by molar-refractivity contribution is 0.286. The van der Waals surface area contributed by atoms with Gasteiger partial charge in [0.2, 0.25) is 0 Å². The molecular weight excluding hydrogens is 316 g/mol. The summed E-state index contributed by atoms with van der Waals surface area (Å²) in [6.07, 6.45) is 6.08. The van der Waals surface area contributed by atoms with Crippen LogP contribution in [0.2, 0.25) is 0 Å². The van der Waals surface area contributed by atoms with E-state index in [1.807, 2.05) is 6.26 Å². The van der Waals surface area contributed by atoms with Gasteiger partial charge in [0.1, 0.15) is 5.92 Å². The molecule has 1 aromatic rings. The van der Waals surface area contributed by atoms with Gasteiger partial charge in [-0.1, -0.05) is 37.1 Å². The van der Waals surface area contributed by atoms with Crippen LogP contribution in [0.3, 0.4) is 0 Å². The number of rotatable bonds is 4. The van der Waals surface area contributed by atoms with E-state index in [2.05, 4.69) is 61.6 Å². The predicted molar refractivity (Wildman–Crippen MR) is 101 cm³/mol. The van der Waals surface area contributed by atoms with Crippen molar-refractivity contribution >= 4 is 23.2 Å². The number of benzene rings is 1. The summed E-state index contributed by atoms with van der Waals surface area (Å²) >= 11 is 1.68. The monoisotopic (exact) mass is 340 g/mol. The van der Waals surface area contributed by atoms with Crippen molar-refractivity contribution in [3.63, 3.8) is 0 Å². The Morgan fingerprint density at radius 1 is 1.38 bits per heavy atom. The second-order valence-electron chi connectivity index (χ2n) is 6.44. The highest BCUT2D eigenvalue weighted by Crippen LogP contribution is 2.37. The van der Waals surface area contributed by atoms with Crippen molar-refractivity contribution in [3.8, 4) is 6.07 Å². The lowest BCUT2D eigenvalue weighted by atomic mass is 9.98. The van der Waals surface area contributed by atoms with Crippen molar-refractivity contribution in [3.05, 3.63) is 41.0 Å². The van der Waals surface area contributed by atoms with Crippen molar-refractivity contribution in [1.82, 2.24) is 10.4 Å². The minimum Gasteiger partial charge on any atom is -0.281 e. The Morgan fingerprint density at radius 2 is 2.17 bits per heavy atom. The zero-order chi connectivity index (χ0) is 17.3. The molecule has 0 saturated carbocycles. The van der Waals surface area contributed by atoms with Crippen LogP contribution >= 0.6 is 11.8 Å². The van der Waals surface area contributed by atoms with Gasteiger partial charge in [-0.15, -0.1) is 11.8 Å². The van der Waals surface area contributed by atoms with Gasteiger partial charge in [0.15, 0.2) is 6.17 Å². The highest BCUT2D eigenvalue weighted by atomic mass is 32.2. The fourth-order valence-corrected chi connectivity index (χ4v) is 4.14. The van der Waals surface area contributed by atoms with E-state index < -0.39 is 0 Å². The molecule has 0 bridgehead atoms. The van der Waals surface area contributed by atoms with Crippen molar-refractivity contribution < 1.29 is 0 Å². The Balaban J connectivity index is 2.07. The number of nitriles is 1. The number of allylic oxidation sites excluding steroid dienone is 1. The average molecular weight is 340 g/mol. The van der Waals surface area contributed by atoms with E-state index >= 15 is 0 Å². The molecule has 24 heavy (non-hydrogen) atoms. The molecule has 1 fully saturated rings. The second kappa shape index (κ2) is 7.00. The maximum atomic E-state index is 9.65. The second-order valence-corrected chi connectivity index (χ2v) is 7.42. The lowest BCUT2D eigenvalue weighted by Crippen LogP contribution is -2.39.